The average molecular weight is 337 g/mol. The van der Waals surface area contributed by atoms with Gasteiger partial charge >= 0.3 is 0 Å². The Kier molecular flexibility index (Phi) is 4.57. The Morgan fingerprint density at radius 1 is 1.27 bits per heavy atom. The lowest BCUT2D eigenvalue weighted by molar-refractivity contribution is -0.113. The van der Waals surface area contributed by atoms with Gasteiger partial charge in [-0.25, -0.2) is 0 Å². The number of aliphatic imine (C=N–C) groups is 1. The maximum Gasteiger partial charge on any atom is 0.286 e. The van der Waals surface area contributed by atoms with Gasteiger partial charge in [0.1, 0.15) is 0 Å². The van der Waals surface area contributed by atoms with Crippen LogP contribution in [-0.2, 0) is 9.53 Å². The van der Waals surface area contributed by atoms with Gasteiger partial charge in [0.15, 0.2) is 5.17 Å². The molecule has 1 aromatic carbocycles. The van der Waals surface area contributed by atoms with E-state index in [4.69, 9.17) is 16.3 Å². The quantitative estimate of drug-likeness (QED) is 0.737. The van der Waals surface area contributed by atoms with Gasteiger partial charge in [0.25, 0.3) is 5.91 Å². The molecule has 0 aromatic heterocycles. The first-order valence-corrected chi connectivity index (χ1v) is 8.38. The second-order valence-corrected chi connectivity index (χ2v) is 6.95. The number of amidine groups is 1. The van der Waals surface area contributed by atoms with Crippen LogP contribution in [0, 0.1) is 0 Å². The van der Waals surface area contributed by atoms with Crippen LogP contribution in [0.4, 0.5) is 0 Å². The topological polar surface area (TPSA) is 41.9 Å². The van der Waals surface area contributed by atoms with Crippen LogP contribution in [-0.4, -0.2) is 41.3 Å². The summed E-state index contributed by atoms with van der Waals surface area (Å²) in [4.78, 5) is 19.2. The Labute approximate surface area is 139 Å². The molecule has 0 radical (unpaired) electrons. The number of carbonyl (C=O) groups excluding carboxylic acids is 1. The Bertz CT molecular complexity index is 632. The fourth-order valence-electron chi connectivity index (χ4n) is 2.60. The fourth-order valence-corrected chi connectivity index (χ4v) is 3.84. The van der Waals surface area contributed by atoms with Gasteiger partial charge in [0, 0.05) is 5.02 Å². The molecule has 0 spiro atoms. The Morgan fingerprint density at radius 2 is 1.91 bits per heavy atom. The third-order valence-electron chi connectivity index (χ3n) is 3.67. The van der Waals surface area contributed by atoms with E-state index in [0.717, 1.165) is 10.7 Å². The first-order chi connectivity index (χ1) is 10.5. The number of halogens is 1. The molecule has 1 fully saturated rings. The van der Waals surface area contributed by atoms with Crippen molar-refractivity contribution in [3.63, 3.8) is 0 Å². The number of rotatable bonds is 1. The minimum Gasteiger partial charge on any atom is -0.377 e. The van der Waals surface area contributed by atoms with E-state index in [2.05, 4.69) is 23.7 Å². The van der Waals surface area contributed by atoms with Crippen LogP contribution in [0.25, 0.3) is 6.08 Å². The molecular formula is C16H17ClN2O2S. The lowest BCUT2D eigenvalue weighted by Gasteiger charge is -2.39. The zero-order valence-corrected chi connectivity index (χ0v) is 14.0. The molecular weight excluding hydrogens is 320 g/mol. The van der Waals surface area contributed by atoms with Crippen molar-refractivity contribution in [2.24, 2.45) is 4.99 Å². The highest BCUT2D eigenvalue weighted by molar-refractivity contribution is 8.18. The van der Waals surface area contributed by atoms with Crippen molar-refractivity contribution in [2.45, 2.75) is 25.9 Å². The number of morpholine rings is 1. The smallest absolute Gasteiger partial charge is 0.286 e. The lowest BCUT2D eigenvalue weighted by atomic mass is 10.2. The standard InChI is InChI=1S/C16H17ClN2O2S/c1-10-8-21-9-11(2)19(10)16-18-15(20)14(22-16)7-12-3-5-13(17)6-4-12/h3-7,10-11H,8-9H2,1-2H3/b14-7-/t10-,11-/m0/s1. The number of nitrogens with zero attached hydrogens (tertiary/aromatic N) is 2. The average Bonchev–Trinajstić information content (AvgIpc) is 2.82. The predicted molar refractivity (Wildman–Crippen MR) is 91.0 cm³/mol. The second kappa shape index (κ2) is 6.44. The SMILES string of the molecule is C[C@H]1COC[C@H](C)N1C1=NC(=O)/C(=C/c2ccc(Cl)cc2)S1. The molecule has 116 valence electrons. The maximum absolute atomic E-state index is 12.2. The van der Waals surface area contributed by atoms with Crippen molar-refractivity contribution in [2.75, 3.05) is 13.2 Å². The zero-order chi connectivity index (χ0) is 15.7. The molecule has 2 aliphatic rings. The minimum atomic E-state index is -0.180. The van der Waals surface area contributed by atoms with Crippen LogP contribution in [0.2, 0.25) is 5.02 Å². The Morgan fingerprint density at radius 3 is 2.55 bits per heavy atom. The number of amides is 1. The van der Waals surface area contributed by atoms with E-state index >= 15 is 0 Å². The highest BCUT2D eigenvalue weighted by atomic mass is 35.5. The van der Waals surface area contributed by atoms with E-state index < -0.39 is 0 Å². The second-order valence-electron chi connectivity index (χ2n) is 5.50. The summed E-state index contributed by atoms with van der Waals surface area (Å²) in [5.41, 5.74) is 0.944. The lowest BCUT2D eigenvalue weighted by Crippen LogP contribution is -2.51. The first-order valence-electron chi connectivity index (χ1n) is 7.19. The summed E-state index contributed by atoms with van der Waals surface area (Å²) in [6.07, 6.45) is 1.86. The normalized spacial score (nSPS) is 27.4. The molecule has 0 bridgehead atoms. The number of thioether (sulfide) groups is 1. The van der Waals surface area contributed by atoms with E-state index in [1.807, 2.05) is 30.3 Å². The van der Waals surface area contributed by atoms with Crippen molar-refractivity contribution in [3.8, 4) is 0 Å². The summed E-state index contributed by atoms with van der Waals surface area (Å²) in [7, 11) is 0. The number of hydrogen-bond acceptors (Lipinski definition) is 4. The molecule has 0 aliphatic carbocycles. The van der Waals surface area contributed by atoms with Crippen LogP contribution in [0.3, 0.4) is 0 Å². The minimum absolute atomic E-state index is 0.180. The molecule has 1 saturated heterocycles. The molecule has 1 amide bonds. The van der Waals surface area contributed by atoms with Crippen LogP contribution in [0.15, 0.2) is 34.2 Å². The van der Waals surface area contributed by atoms with E-state index in [0.29, 0.717) is 23.1 Å². The van der Waals surface area contributed by atoms with Gasteiger partial charge in [-0.3, -0.25) is 4.79 Å². The third kappa shape index (κ3) is 3.21. The van der Waals surface area contributed by atoms with Crippen molar-refractivity contribution >= 4 is 40.5 Å². The molecule has 2 atom stereocenters. The number of carbonyl (C=O) groups is 1. The van der Waals surface area contributed by atoms with Crippen LogP contribution in [0.5, 0.6) is 0 Å². The highest BCUT2D eigenvalue weighted by Crippen LogP contribution is 2.33. The van der Waals surface area contributed by atoms with Gasteiger partial charge in [0.2, 0.25) is 0 Å². The Hall–Kier alpha value is -1.30. The number of hydrogen-bond donors (Lipinski definition) is 0. The van der Waals surface area contributed by atoms with Gasteiger partial charge in [0.05, 0.1) is 30.2 Å². The maximum atomic E-state index is 12.2. The molecule has 2 heterocycles. The summed E-state index contributed by atoms with van der Waals surface area (Å²) in [5, 5.41) is 1.45. The van der Waals surface area contributed by atoms with Crippen molar-refractivity contribution in [3.05, 3.63) is 39.8 Å². The molecule has 1 aromatic rings. The monoisotopic (exact) mass is 336 g/mol. The molecule has 22 heavy (non-hydrogen) atoms. The third-order valence-corrected chi connectivity index (χ3v) is 4.91. The van der Waals surface area contributed by atoms with Gasteiger partial charge in [-0.2, -0.15) is 4.99 Å². The molecule has 0 saturated carbocycles. The summed E-state index contributed by atoms with van der Waals surface area (Å²) < 4.78 is 5.53. The largest absolute Gasteiger partial charge is 0.377 e. The molecule has 3 rings (SSSR count). The Balaban J connectivity index is 1.79. The first kappa shape index (κ1) is 15.6. The van der Waals surface area contributed by atoms with Crippen molar-refractivity contribution in [1.29, 1.82) is 0 Å². The van der Waals surface area contributed by atoms with Gasteiger partial charge in [-0.05, 0) is 49.4 Å². The van der Waals surface area contributed by atoms with Crippen LogP contribution in [0.1, 0.15) is 19.4 Å². The molecule has 4 nitrogen and oxygen atoms in total. The summed E-state index contributed by atoms with van der Waals surface area (Å²) in [6.45, 7) is 5.50. The van der Waals surface area contributed by atoms with E-state index in [-0.39, 0.29) is 18.0 Å². The summed E-state index contributed by atoms with van der Waals surface area (Å²) >= 11 is 7.31. The van der Waals surface area contributed by atoms with Gasteiger partial charge in [-0.15, -0.1) is 0 Å². The van der Waals surface area contributed by atoms with Crippen molar-refractivity contribution < 1.29 is 9.53 Å². The highest BCUT2D eigenvalue weighted by Gasteiger charge is 2.33. The molecule has 0 N–H and O–H groups in total. The van der Waals surface area contributed by atoms with Gasteiger partial charge in [-0.1, -0.05) is 23.7 Å². The predicted octanol–water partition coefficient (Wildman–Crippen LogP) is 3.42. The van der Waals surface area contributed by atoms with Gasteiger partial charge < -0.3 is 9.64 Å². The molecule has 6 heteroatoms. The molecule has 2 aliphatic heterocycles. The fraction of sp³-hybridized carbons (Fsp3) is 0.375. The number of ether oxygens (including phenoxy) is 1. The van der Waals surface area contributed by atoms with Crippen LogP contribution >= 0.6 is 23.4 Å². The van der Waals surface area contributed by atoms with Crippen LogP contribution < -0.4 is 0 Å². The summed E-state index contributed by atoms with van der Waals surface area (Å²) in [5.74, 6) is -0.180. The molecule has 0 unspecified atom stereocenters. The van der Waals surface area contributed by atoms with E-state index in [9.17, 15) is 4.79 Å². The summed E-state index contributed by atoms with van der Waals surface area (Å²) in [6, 6.07) is 7.84. The van der Waals surface area contributed by atoms with Crippen molar-refractivity contribution in [1.82, 2.24) is 4.90 Å². The number of benzene rings is 1. The van der Waals surface area contributed by atoms with E-state index in [1.165, 1.54) is 11.8 Å². The zero-order valence-electron chi connectivity index (χ0n) is 12.5. The van der Waals surface area contributed by atoms with E-state index in [1.54, 1.807) is 0 Å².